The van der Waals surface area contributed by atoms with Crippen LogP contribution in [-0.4, -0.2) is 22.7 Å². The van der Waals surface area contributed by atoms with Crippen molar-refractivity contribution < 1.29 is 14.6 Å². The molecule has 0 bridgehead atoms. The third kappa shape index (κ3) is 2.64. The van der Waals surface area contributed by atoms with E-state index in [4.69, 9.17) is 0 Å². The van der Waals surface area contributed by atoms with Crippen LogP contribution in [-0.2, 0) is 9.53 Å². The first-order valence-electron chi connectivity index (χ1n) is 5.97. The summed E-state index contributed by atoms with van der Waals surface area (Å²) in [5.74, 6) is -1.57. The van der Waals surface area contributed by atoms with Gasteiger partial charge in [0.1, 0.15) is 5.69 Å². The average molecular weight is 272 g/mol. The highest BCUT2D eigenvalue weighted by Gasteiger charge is 2.20. The molecule has 1 aromatic heterocycles. The molecule has 0 aliphatic carbocycles. The van der Waals surface area contributed by atoms with Gasteiger partial charge in [-0.1, -0.05) is 24.3 Å². The number of nitrogens with zero attached hydrogens (tertiary/aromatic N) is 2. The Balaban J connectivity index is 2.50. The Labute approximate surface area is 114 Å². The summed E-state index contributed by atoms with van der Waals surface area (Å²) in [6.07, 6.45) is 0. The van der Waals surface area contributed by atoms with Gasteiger partial charge in [-0.05, 0) is 24.2 Å². The lowest BCUT2D eigenvalue weighted by molar-refractivity contribution is -0.138. The van der Waals surface area contributed by atoms with Crippen LogP contribution in [0.1, 0.15) is 12.6 Å². The van der Waals surface area contributed by atoms with Gasteiger partial charge in [0.2, 0.25) is 5.70 Å². The normalized spacial score (nSPS) is 11.8. The molecule has 0 saturated carbocycles. The summed E-state index contributed by atoms with van der Waals surface area (Å²) in [4.78, 5) is 26.4. The van der Waals surface area contributed by atoms with Gasteiger partial charge >= 0.3 is 5.97 Å². The molecule has 1 N–H and O–H groups in total. The lowest BCUT2D eigenvalue weighted by Gasteiger charge is -2.04. The second-order valence-corrected chi connectivity index (χ2v) is 3.90. The molecule has 2 aromatic rings. The summed E-state index contributed by atoms with van der Waals surface area (Å²) < 4.78 is 4.65. The number of fused-ring (bicyclic) bond motifs is 1. The first-order chi connectivity index (χ1) is 9.67. The molecule has 0 amide bonds. The van der Waals surface area contributed by atoms with Crippen molar-refractivity contribution in [2.24, 2.45) is 5.18 Å². The van der Waals surface area contributed by atoms with E-state index in [1.807, 2.05) is 12.1 Å². The maximum atomic E-state index is 11.5. The number of benzene rings is 1. The zero-order valence-electron chi connectivity index (χ0n) is 10.7. The fraction of sp³-hybridized carbons (Fsp3) is 0.143. The van der Waals surface area contributed by atoms with Crippen molar-refractivity contribution in [2.75, 3.05) is 6.61 Å². The van der Waals surface area contributed by atoms with Gasteiger partial charge in [0.05, 0.1) is 12.1 Å². The summed E-state index contributed by atoms with van der Waals surface area (Å²) in [5, 5.41) is 13.4. The smallest absolute Gasteiger partial charge is 0.364 e. The second kappa shape index (κ2) is 5.92. The van der Waals surface area contributed by atoms with Crippen LogP contribution < -0.4 is 0 Å². The van der Waals surface area contributed by atoms with Crippen molar-refractivity contribution in [3.63, 3.8) is 0 Å². The molecule has 0 aliphatic rings. The Morgan fingerprint density at radius 3 is 2.75 bits per heavy atom. The minimum absolute atomic E-state index is 0.0796. The van der Waals surface area contributed by atoms with Gasteiger partial charge < -0.3 is 9.84 Å². The number of esters is 1. The van der Waals surface area contributed by atoms with Gasteiger partial charge in [-0.25, -0.2) is 9.78 Å². The van der Waals surface area contributed by atoms with E-state index in [-0.39, 0.29) is 12.3 Å². The summed E-state index contributed by atoms with van der Waals surface area (Å²) in [5.41, 5.74) is 0.0339. The zero-order chi connectivity index (χ0) is 14.5. The van der Waals surface area contributed by atoms with Crippen LogP contribution in [0, 0.1) is 4.91 Å². The zero-order valence-corrected chi connectivity index (χ0v) is 10.7. The fourth-order valence-corrected chi connectivity index (χ4v) is 1.70. The van der Waals surface area contributed by atoms with Crippen molar-refractivity contribution >= 4 is 22.6 Å². The Kier molecular flexibility index (Phi) is 4.05. The van der Waals surface area contributed by atoms with Gasteiger partial charge in [-0.3, -0.25) is 0 Å². The minimum atomic E-state index is -0.977. The largest absolute Gasteiger partial charge is 0.504 e. The van der Waals surface area contributed by atoms with Gasteiger partial charge in [-0.2, -0.15) is 0 Å². The van der Waals surface area contributed by atoms with Crippen LogP contribution in [0.4, 0.5) is 0 Å². The molecule has 1 heterocycles. The van der Waals surface area contributed by atoms with Crippen molar-refractivity contribution in [2.45, 2.75) is 6.92 Å². The van der Waals surface area contributed by atoms with Crippen LogP contribution >= 0.6 is 0 Å². The number of hydrogen-bond acceptors (Lipinski definition) is 6. The molecule has 2 rings (SSSR count). The second-order valence-electron chi connectivity index (χ2n) is 3.90. The Morgan fingerprint density at radius 1 is 1.30 bits per heavy atom. The molecule has 102 valence electrons. The average Bonchev–Trinajstić information content (AvgIpc) is 2.47. The number of aliphatic hydroxyl groups is 1. The minimum Gasteiger partial charge on any atom is -0.504 e. The van der Waals surface area contributed by atoms with E-state index in [9.17, 15) is 14.8 Å². The molecular formula is C14H12N2O4. The number of ether oxygens (including phenoxy) is 1. The number of aromatic nitrogens is 1. The SMILES string of the molecule is CCOC(=O)/C(N=O)=C(\O)c1ccc2ccccc2n1. The Bertz CT molecular complexity index is 694. The van der Waals surface area contributed by atoms with Gasteiger partial charge in [-0.15, -0.1) is 4.91 Å². The molecule has 6 nitrogen and oxygen atoms in total. The van der Waals surface area contributed by atoms with Crippen molar-refractivity contribution in [3.8, 4) is 0 Å². The predicted molar refractivity (Wildman–Crippen MR) is 73.7 cm³/mol. The Hall–Kier alpha value is -2.76. The molecule has 0 spiro atoms. The maximum Gasteiger partial charge on any atom is 0.364 e. The van der Waals surface area contributed by atoms with Crippen LogP contribution in [0.3, 0.4) is 0 Å². The lowest BCUT2D eigenvalue weighted by Crippen LogP contribution is -2.08. The quantitative estimate of drug-likeness (QED) is 0.400. The molecule has 1 aromatic carbocycles. The third-order valence-electron chi connectivity index (χ3n) is 2.63. The van der Waals surface area contributed by atoms with Crippen molar-refractivity contribution in [1.29, 1.82) is 0 Å². The summed E-state index contributed by atoms with van der Waals surface area (Å²) >= 11 is 0. The molecule has 0 radical (unpaired) electrons. The number of para-hydroxylation sites is 1. The molecular weight excluding hydrogens is 260 g/mol. The molecule has 6 heteroatoms. The predicted octanol–water partition coefficient (Wildman–Crippen LogP) is 2.79. The highest BCUT2D eigenvalue weighted by Crippen LogP contribution is 2.19. The van der Waals surface area contributed by atoms with Crippen LogP contribution in [0.2, 0.25) is 0 Å². The van der Waals surface area contributed by atoms with E-state index >= 15 is 0 Å². The fourth-order valence-electron chi connectivity index (χ4n) is 1.70. The van der Waals surface area contributed by atoms with Crippen molar-refractivity contribution in [3.05, 3.63) is 52.7 Å². The number of aliphatic hydroxyl groups excluding tert-OH is 1. The van der Waals surface area contributed by atoms with Crippen LogP contribution in [0.25, 0.3) is 16.7 Å². The van der Waals surface area contributed by atoms with Gasteiger partial charge in [0, 0.05) is 5.39 Å². The number of rotatable bonds is 4. The van der Waals surface area contributed by atoms with Gasteiger partial charge in [0.25, 0.3) is 0 Å². The standard InChI is InChI=1S/C14H12N2O4/c1-2-20-14(18)12(16-19)13(17)11-8-7-9-5-3-4-6-10(9)15-11/h3-8,17H,2H2,1H3/b13-12+. The summed E-state index contributed by atoms with van der Waals surface area (Å²) in [6.45, 7) is 1.67. The van der Waals surface area contributed by atoms with E-state index in [2.05, 4.69) is 14.9 Å². The summed E-state index contributed by atoms with van der Waals surface area (Å²) in [6, 6.07) is 10.5. The number of pyridine rings is 1. The van der Waals surface area contributed by atoms with Gasteiger partial charge in [0.15, 0.2) is 5.76 Å². The molecule has 20 heavy (non-hydrogen) atoms. The van der Waals surface area contributed by atoms with Crippen LogP contribution in [0.15, 0.2) is 47.3 Å². The Morgan fingerprint density at radius 2 is 2.05 bits per heavy atom. The number of hydrogen-bond donors (Lipinski definition) is 1. The maximum absolute atomic E-state index is 11.5. The highest BCUT2D eigenvalue weighted by atomic mass is 16.5. The molecule has 0 aliphatic heterocycles. The van der Waals surface area contributed by atoms with E-state index in [0.29, 0.717) is 5.52 Å². The molecule has 0 atom stereocenters. The van der Waals surface area contributed by atoms with Crippen LogP contribution in [0.5, 0.6) is 0 Å². The van der Waals surface area contributed by atoms with E-state index in [1.165, 1.54) is 6.07 Å². The van der Waals surface area contributed by atoms with Crippen molar-refractivity contribution in [1.82, 2.24) is 4.98 Å². The number of carbonyl (C=O) groups is 1. The first-order valence-corrected chi connectivity index (χ1v) is 5.97. The number of carbonyl (C=O) groups excluding carboxylic acids is 1. The molecule has 0 unspecified atom stereocenters. The summed E-state index contributed by atoms with van der Waals surface area (Å²) in [7, 11) is 0. The topological polar surface area (TPSA) is 88.8 Å². The molecule has 0 fully saturated rings. The third-order valence-corrected chi connectivity index (χ3v) is 2.63. The lowest BCUT2D eigenvalue weighted by atomic mass is 10.2. The monoisotopic (exact) mass is 272 g/mol. The van der Waals surface area contributed by atoms with E-state index in [1.54, 1.807) is 25.1 Å². The first kappa shape index (κ1) is 13.7. The number of nitroso groups, excluding NO2 is 1. The van der Waals surface area contributed by atoms with E-state index < -0.39 is 17.4 Å². The molecule has 0 saturated heterocycles. The van der Waals surface area contributed by atoms with E-state index in [0.717, 1.165) is 5.39 Å². The highest BCUT2D eigenvalue weighted by molar-refractivity contribution is 5.95.